The van der Waals surface area contributed by atoms with Crippen molar-refractivity contribution in [2.45, 2.75) is 56.0 Å². The second-order valence-corrected chi connectivity index (χ2v) is 9.16. The molecule has 1 fully saturated rings. The summed E-state index contributed by atoms with van der Waals surface area (Å²) < 4.78 is 28.7. The molecule has 0 spiro atoms. The third kappa shape index (κ3) is 2.89. The van der Waals surface area contributed by atoms with E-state index in [2.05, 4.69) is 0 Å². The zero-order valence-electron chi connectivity index (χ0n) is 14.9. The number of benzene rings is 2. The average molecular weight is 369 g/mol. The molecule has 1 unspecified atom stereocenters. The lowest BCUT2D eigenvalue weighted by molar-refractivity contribution is 0.0970. The Morgan fingerprint density at radius 3 is 2.31 bits per heavy atom. The van der Waals surface area contributed by atoms with Gasteiger partial charge in [0.25, 0.3) is 0 Å². The van der Waals surface area contributed by atoms with Crippen molar-refractivity contribution in [3.05, 3.63) is 65.2 Å². The summed E-state index contributed by atoms with van der Waals surface area (Å²) in [7, 11) is -3.67. The van der Waals surface area contributed by atoms with Crippen molar-refractivity contribution in [1.29, 1.82) is 0 Å². The number of carbonyl (C=O) groups excluding carboxylic acids is 1. The smallest absolute Gasteiger partial charge is 0.243 e. The van der Waals surface area contributed by atoms with Gasteiger partial charge in [0.2, 0.25) is 10.0 Å². The lowest BCUT2D eigenvalue weighted by Gasteiger charge is -2.33. The van der Waals surface area contributed by atoms with E-state index in [0.717, 1.165) is 36.8 Å². The Labute approximate surface area is 154 Å². The van der Waals surface area contributed by atoms with Crippen LogP contribution in [0.3, 0.4) is 0 Å². The van der Waals surface area contributed by atoms with Crippen molar-refractivity contribution < 1.29 is 13.2 Å². The van der Waals surface area contributed by atoms with E-state index >= 15 is 0 Å². The van der Waals surface area contributed by atoms with Crippen LogP contribution in [0.4, 0.5) is 0 Å². The van der Waals surface area contributed by atoms with Gasteiger partial charge in [0.15, 0.2) is 5.78 Å². The van der Waals surface area contributed by atoms with E-state index < -0.39 is 16.1 Å². The minimum atomic E-state index is -3.67. The number of aryl methyl sites for hydroxylation is 1. The van der Waals surface area contributed by atoms with Gasteiger partial charge >= 0.3 is 0 Å². The molecule has 4 rings (SSSR count). The maximum atomic E-state index is 13.5. The summed E-state index contributed by atoms with van der Waals surface area (Å²) in [4.78, 5) is 12.8. The number of carbonyl (C=O) groups is 1. The minimum absolute atomic E-state index is 0.0349. The Kier molecular flexibility index (Phi) is 4.45. The molecule has 2 aromatic carbocycles. The van der Waals surface area contributed by atoms with E-state index in [4.69, 9.17) is 0 Å². The molecule has 0 N–H and O–H groups in total. The molecule has 0 radical (unpaired) electrons. The number of ketones is 1. The molecule has 1 saturated carbocycles. The second kappa shape index (κ2) is 6.63. The Morgan fingerprint density at radius 1 is 0.962 bits per heavy atom. The summed E-state index contributed by atoms with van der Waals surface area (Å²) in [6, 6.07) is 14.0. The molecule has 0 aromatic heterocycles. The fourth-order valence-corrected chi connectivity index (χ4v) is 6.12. The molecule has 136 valence electrons. The van der Waals surface area contributed by atoms with E-state index in [1.165, 1.54) is 0 Å². The van der Waals surface area contributed by atoms with Crippen molar-refractivity contribution in [3.8, 4) is 0 Å². The molecule has 0 saturated heterocycles. The quantitative estimate of drug-likeness (QED) is 0.809. The normalized spacial score (nSPS) is 20.7. The number of hydrogen-bond donors (Lipinski definition) is 0. The van der Waals surface area contributed by atoms with Crippen molar-refractivity contribution in [2.75, 3.05) is 0 Å². The molecule has 5 heteroatoms. The standard InChI is InChI=1S/C21H23NO3S/c1-15-10-12-17(13-11-15)26(24,25)22(16-6-2-3-7-16)20-14-21(23)19-9-5-4-8-18(19)20/h4-5,8-13,16,20H,2-3,6-7,14H2,1H3. The number of sulfonamides is 1. The van der Waals surface area contributed by atoms with E-state index in [-0.39, 0.29) is 18.2 Å². The van der Waals surface area contributed by atoms with Gasteiger partial charge < -0.3 is 0 Å². The van der Waals surface area contributed by atoms with E-state index in [1.807, 2.05) is 43.3 Å². The summed E-state index contributed by atoms with van der Waals surface area (Å²) in [5.74, 6) is 0.0349. The third-order valence-electron chi connectivity index (χ3n) is 5.59. The molecule has 2 aliphatic rings. The SMILES string of the molecule is Cc1ccc(S(=O)(=O)N(C2CCCC2)C2CC(=O)c3ccccc32)cc1. The highest BCUT2D eigenvalue weighted by Crippen LogP contribution is 2.42. The predicted molar refractivity (Wildman–Crippen MR) is 101 cm³/mol. The van der Waals surface area contributed by atoms with Crippen LogP contribution in [0, 0.1) is 6.92 Å². The molecule has 2 aromatic rings. The Morgan fingerprint density at radius 2 is 1.62 bits per heavy atom. The van der Waals surface area contributed by atoms with Gasteiger partial charge in [-0.25, -0.2) is 8.42 Å². The van der Waals surface area contributed by atoms with Crippen LogP contribution in [-0.4, -0.2) is 24.5 Å². The van der Waals surface area contributed by atoms with Crippen LogP contribution in [-0.2, 0) is 10.0 Å². The summed E-state index contributed by atoms with van der Waals surface area (Å²) in [6.45, 7) is 1.94. The number of fused-ring (bicyclic) bond motifs is 1. The van der Waals surface area contributed by atoms with Crippen molar-refractivity contribution >= 4 is 15.8 Å². The Bertz CT molecular complexity index is 928. The highest BCUT2D eigenvalue weighted by molar-refractivity contribution is 7.89. The largest absolute Gasteiger partial charge is 0.294 e. The number of nitrogens with zero attached hydrogens (tertiary/aromatic N) is 1. The second-order valence-electron chi connectivity index (χ2n) is 7.32. The molecule has 1 atom stereocenters. The zero-order chi connectivity index (χ0) is 18.3. The van der Waals surface area contributed by atoms with E-state index in [0.29, 0.717) is 10.5 Å². The molecule has 2 aliphatic carbocycles. The maximum Gasteiger partial charge on any atom is 0.243 e. The average Bonchev–Trinajstić information content (AvgIpc) is 3.25. The van der Waals surface area contributed by atoms with Crippen molar-refractivity contribution in [1.82, 2.24) is 4.31 Å². The summed E-state index contributed by atoms with van der Waals surface area (Å²) >= 11 is 0. The lowest BCUT2D eigenvalue weighted by atomic mass is 10.1. The maximum absolute atomic E-state index is 13.5. The van der Waals surface area contributed by atoms with Gasteiger partial charge in [-0.1, -0.05) is 54.8 Å². The fraction of sp³-hybridized carbons (Fsp3) is 0.381. The molecule has 0 heterocycles. The Balaban J connectivity index is 1.81. The number of hydrogen-bond acceptors (Lipinski definition) is 3. The topological polar surface area (TPSA) is 54.5 Å². The van der Waals surface area contributed by atoms with Crippen LogP contribution < -0.4 is 0 Å². The van der Waals surface area contributed by atoms with Gasteiger partial charge in [-0.3, -0.25) is 4.79 Å². The van der Waals surface area contributed by atoms with E-state index in [9.17, 15) is 13.2 Å². The third-order valence-corrected chi connectivity index (χ3v) is 7.56. The minimum Gasteiger partial charge on any atom is -0.294 e. The first-order chi connectivity index (χ1) is 12.5. The molecule has 0 bridgehead atoms. The van der Waals surface area contributed by atoms with Crippen LogP contribution in [0.5, 0.6) is 0 Å². The summed E-state index contributed by atoms with van der Waals surface area (Å²) in [6.07, 6.45) is 4.02. The Hall–Kier alpha value is -1.98. The predicted octanol–water partition coefficient (Wildman–Crippen LogP) is 4.26. The number of Topliss-reactive ketones (excluding diaryl/α,β-unsaturated/α-hetero) is 1. The number of rotatable bonds is 4. The zero-order valence-corrected chi connectivity index (χ0v) is 15.7. The van der Waals surface area contributed by atoms with Crippen molar-refractivity contribution in [2.24, 2.45) is 0 Å². The van der Waals surface area contributed by atoms with Gasteiger partial charge in [0.05, 0.1) is 10.9 Å². The molecule has 0 aliphatic heterocycles. The van der Waals surface area contributed by atoms with Crippen LogP contribution >= 0.6 is 0 Å². The molecule has 4 nitrogen and oxygen atoms in total. The first kappa shape index (κ1) is 17.4. The van der Waals surface area contributed by atoms with E-state index in [1.54, 1.807) is 16.4 Å². The van der Waals surface area contributed by atoms with Crippen LogP contribution in [0.1, 0.15) is 59.6 Å². The van der Waals surface area contributed by atoms with Gasteiger partial charge in [-0.15, -0.1) is 0 Å². The van der Waals surface area contributed by atoms with Crippen LogP contribution in [0.15, 0.2) is 53.4 Å². The van der Waals surface area contributed by atoms with Crippen LogP contribution in [0.25, 0.3) is 0 Å². The molecular weight excluding hydrogens is 346 g/mol. The monoisotopic (exact) mass is 369 g/mol. The highest BCUT2D eigenvalue weighted by atomic mass is 32.2. The summed E-state index contributed by atoms with van der Waals surface area (Å²) in [5.41, 5.74) is 2.54. The summed E-state index contributed by atoms with van der Waals surface area (Å²) in [5, 5.41) is 0. The molecule has 0 amide bonds. The fourth-order valence-electron chi connectivity index (χ4n) is 4.27. The first-order valence-electron chi connectivity index (χ1n) is 9.21. The van der Waals surface area contributed by atoms with Gasteiger partial charge in [0, 0.05) is 18.0 Å². The van der Waals surface area contributed by atoms with Crippen LogP contribution in [0.2, 0.25) is 0 Å². The highest BCUT2D eigenvalue weighted by Gasteiger charge is 2.43. The first-order valence-corrected chi connectivity index (χ1v) is 10.6. The molecular formula is C21H23NO3S. The van der Waals surface area contributed by atoms with Gasteiger partial charge in [0.1, 0.15) is 0 Å². The van der Waals surface area contributed by atoms with Gasteiger partial charge in [-0.05, 0) is 37.5 Å². The lowest BCUT2D eigenvalue weighted by Crippen LogP contribution is -2.41. The van der Waals surface area contributed by atoms with Gasteiger partial charge in [-0.2, -0.15) is 4.31 Å². The van der Waals surface area contributed by atoms with Crippen molar-refractivity contribution in [3.63, 3.8) is 0 Å². The molecule has 26 heavy (non-hydrogen) atoms.